The van der Waals surface area contributed by atoms with Gasteiger partial charge in [-0.05, 0) is 30.5 Å². The lowest BCUT2D eigenvalue weighted by Gasteiger charge is -2.32. The highest BCUT2D eigenvalue weighted by Gasteiger charge is 2.22. The van der Waals surface area contributed by atoms with E-state index in [1.165, 1.54) is 0 Å². The number of rotatable bonds is 5. The number of benzene rings is 1. The van der Waals surface area contributed by atoms with E-state index in [9.17, 15) is 4.79 Å². The largest absolute Gasteiger partial charge is 0.377 e. The first kappa shape index (κ1) is 15.6. The Kier molecular flexibility index (Phi) is 6.14. The minimum Gasteiger partial charge on any atom is -0.377 e. The SMILES string of the molecule is O=C(Cc1ccc(Cl)cc1)N1CCC(OCCCl)CC1. The third-order valence-electron chi connectivity index (χ3n) is 3.49. The van der Waals surface area contributed by atoms with Crippen LogP contribution in [0.25, 0.3) is 0 Å². The topological polar surface area (TPSA) is 29.5 Å². The predicted molar refractivity (Wildman–Crippen MR) is 81.4 cm³/mol. The molecule has 110 valence electrons. The molecule has 0 saturated carbocycles. The molecule has 2 rings (SSSR count). The molecule has 1 aromatic carbocycles. The van der Waals surface area contributed by atoms with E-state index >= 15 is 0 Å². The van der Waals surface area contributed by atoms with Crippen LogP contribution < -0.4 is 0 Å². The fourth-order valence-corrected chi connectivity index (χ4v) is 2.59. The van der Waals surface area contributed by atoms with Gasteiger partial charge in [-0.15, -0.1) is 11.6 Å². The van der Waals surface area contributed by atoms with Crippen LogP contribution in [0, 0.1) is 0 Å². The zero-order valence-corrected chi connectivity index (χ0v) is 12.9. The molecular formula is C15H19Cl2NO2. The summed E-state index contributed by atoms with van der Waals surface area (Å²) in [6.45, 7) is 2.11. The molecule has 1 saturated heterocycles. The fourth-order valence-electron chi connectivity index (χ4n) is 2.37. The van der Waals surface area contributed by atoms with Gasteiger partial charge in [0.15, 0.2) is 0 Å². The van der Waals surface area contributed by atoms with Crippen molar-refractivity contribution in [3.8, 4) is 0 Å². The Morgan fingerprint density at radius 1 is 1.25 bits per heavy atom. The average molecular weight is 316 g/mol. The van der Waals surface area contributed by atoms with Crippen LogP contribution in [0.2, 0.25) is 5.02 Å². The molecule has 1 aliphatic rings. The van der Waals surface area contributed by atoms with E-state index in [-0.39, 0.29) is 12.0 Å². The van der Waals surface area contributed by atoms with Crippen molar-refractivity contribution in [2.75, 3.05) is 25.6 Å². The first-order valence-electron chi connectivity index (χ1n) is 6.89. The Labute approximate surface area is 129 Å². The van der Waals surface area contributed by atoms with Crippen LogP contribution in [-0.4, -0.2) is 42.5 Å². The Balaban J connectivity index is 1.78. The van der Waals surface area contributed by atoms with Gasteiger partial charge in [0.1, 0.15) is 0 Å². The Morgan fingerprint density at radius 2 is 1.90 bits per heavy atom. The van der Waals surface area contributed by atoms with Crippen LogP contribution in [0.15, 0.2) is 24.3 Å². The highest BCUT2D eigenvalue weighted by Crippen LogP contribution is 2.16. The van der Waals surface area contributed by atoms with E-state index in [1.807, 2.05) is 29.2 Å². The number of amides is 1. The van der Waals surface area contributed by atoms with Gasteiger partial charge in [0.25, 0.3) is 0 Å². The molecule has 1 heterocycles. The second-order valence-corrected chi connectivity index (χ2v) is 5.76. The number of nitrogens with zero attached hydrogens (tertiary/aromatic N) is 1. The van der Waals surface area contributed by atoms with Crippen molar-refractivity contribution in [1.82, 2.24) is 4.90 Å². The van der Waals surface area contributed by atoms with Gasteiger partial charge in [-0.1, -0.05) is 23.7 Å². The maximum Gasteiger partial charge on any atom is 0.226 e. The van der Waals surface area contributed by atoms with Crippen molar-refractivity contribution in [3.05, 3.63) is 34.9 Å². The number of hydrogen-bond donors (Lipinski definition) is 0. The van der Waals surface area contributed by atoms with Crippen LogP contribution in [0.4, 0.5) is 0 Å². The third kappa shape index (κ3) is 4.65. The van der Waals surface area contributed by atoms with E-state index in [4.69, 9.17) is 27.9 Å². The quantitative estimate of drug-likeness (QED) is 0.781. The molecule has 3 nitrogen and oxygen atoms in total. The molecule has 20 heavy (non-hydrogen) atoms. The van der Waals surface area contributed by atoms with Gasteiger partial charge in [0, 0.05) is 24.0 Å². The van der Waals surface area contributed by atoms with Crippen LogP contribution in [0.1, 0.15) is 18.4 Å². The normalized spacial score (nSPS) is 16.4. The Hall–Kier alpha value is -0.770. The first-order valence-corrected chi connectivity index (χ1v) is 7.80. The number of hydrogen-bond acceptors (Lipinski definition) is 2. The maximum atomic E-state index is 12.2. The summed E-state index contributed by atoms with van der Waals surface area (Å²) in [6, 6.07) is 7.43. The van der Waals surface area contributed by atoms with Crippen molar-refractivity contribution >= 4 is 29.1 Å². The number of carbonyl (C=O) groups excluding carboxylic acids is 1. The third-order valence-corrected chi connectivity index (χ3v) is 3.90. The summed E-state index contributed by atoms with van der Waals surface area (Å²) in [5, 5.41) is 0.693. The van der Waals surface area contributed by atoms with E-state index in [0.29, 0.717) is 23.9 Å². The molecule has 0 atom stereocenters. The van der Waals surface area contributed by atoms with Crippen LogP contribution in [0.3, 0.4) is 0 Å². The highest BCUT2D eigenvalue weighted by atomic mass is 35.5. The molecule has 0 unspecified atom stereocenters. The van der Waals surface area contributed by atoms with E-state index in [1.54, 1.807) is 0 Å². The van der Waals surface area contributed by atoms with E-state index in [0.717, 1.165) is 31.5 Å². The Morgan fingerprint density at radius 3 is 2.50 bits per heavy atom. The number of alkyl halides is 1. The van der Waals surface area contributed by atoms with Gasteiger partial charge in [0.05, 0.1) is 19.1 Å². The van der Waals surface area contributed by atoms with Crippen molar-refractivity contribution in [2.24, 2.45) is 0 Å². The maximum absolute atomic E-state index is 12.2. The fraction of sp³-hybridized carbons (Fsp3) is 0.533. The molecule has 1 amide bonds. The molecule has 1 fully saturated rings. The molecule has 0 spiro atoms. The summed E-state index contributed by atoms with van der Waals surface area (Å²) in [7, 11) is 0. The van der Waals surface area contributed by atoms with Crippen molar-refractivity contribution in [3.63, 3.8) is 0 Å². The lowest BCUT2D eigenvalue weighted by molar-refractivity contribution is -0.133. The molecule has 0 radical (unpaired) electrons. The highest BCUT2D eigenvalue weighted by molar-refractivity contribution is 6.30. The minimum atomic E-state index is 0.170. The van der Waals surface area contributed by atoms with Gasteiger partial charge in [-0.2, -0.15) is 0 Å². The molecule has 5 heteroatoms. The van der Waals surface area contributed by atoms with E-state index < -0.39 is 0 Å². The summed E-state index contributed by atoms with van der Waals surface area (Å²) in [5.74, 6) is 0.693. The molecule has 1 aromatic rings. The average Bonchev–Trinajstić information content (AvgIpc) is 2.48. The van der Waals surface area contributed by atoms with Crippen molar-refractivity contribution in [2.45, 2.75) is 25.4 Å². The van der Waals surface area contributed by atoms with Gasteiger partial charge in [0.2, 0.25) is 5.91 Å². The summed E-state index contributed by atoms with van der Waals surface area (Å²) in [5.41, 5.74) is 1.000. The van der Waals surface area contributed by atoms with Gasteiger partial charge in [-0.25, -0.2) is 0 Å². The zero-order chi connectivity index (χ0) is 14.4. The van der Waals surface area contributed by atoms with Gasteiger partial charge < -0.3 is 9.64 Å². The summed E-state index contributed by atoms with van der Waals surface area (Å²) >= 11 is 11.4. The zero-order valence-electron chi connectivity index (χ0n) is 11.4. The lowest BCUT2D eigenvalue weighted by Crippen LogP contribution is -2.41. The minimum absolute atomic E-state index is 0.170. The summed E-state index contributed by atoms with van der Waals surface area (Å²) in [4.78, 5) is 14.1. The number of halogens is 2. The molecule has 0 aliphatic carbocycles. The first-order chi connectivity index (χ1) is 9.69. The van der Waals surface area contributed by atoms with Crippen LogP contribution in [0.5, 0.6) is 0 Å². The van der Waals surface area contributed by atoms with Crippen molar-refractivity contribution < 1.29 is 9.53 Å². The summed E-state index contributed by atoms with van der Waals surface area (Å²) in [6.07, 6.45) is 2.46. The molecule has 0 N–H and O–H groups in total. The van der Waals surface area contributed by atoms with Crippen LogP contribution >= 0.6 is 23.2 Å². The van der Waals surface area contributed by atoms with E-state index in [2.05, 4.69) is 0 Å². The molecule has 1 aliphatic heterocycles. The second kappa shape index (κ2) is 7.87. The summed E-state index contributed by atoms with van der Waals surface area (Å²) < 4.78 is 5.61. The molecule has 0 aromatic heterocycles. The molecule has 0 bridgehead atoms. The molecular weight excluding hydrogens is 297 g/mol. The standard InChI is InChI=1S/C15H19Cl2NO2/c16-7-10-20-14-5-8-18(9-6-14)15(19)11-12-1-3-13(17)4-2-12/h1-4,14H,5-11H2. The predicted octanol–water partition coefficient (Wildman–Crippen LogP) is 3.13. The number of ether oxygens (including phenoxy) is 1. The van der Waals surface area contributed by atoms with Crippen molar-refractivity contribution in [1.29, 1.82) is 0 Å². The Bertz CT molecular complexity index is 428. The van der Waals surface area contributed by atoms with Gasteiger partial charge in [-0.3, -0.25) is 4.79 Å². The smallest absolute Gasteiger partial charge is 0.226 e. The van der Waals surface area contributed by atoms with Crippen LogP contribution in [-0.2, 0) is 16.0 Å². The second-order valence-electron chi connectivity index (χ2n) is 4.94. The number of carbonyl (C=O) groups is 1. The number of piperidine rings is 1. The monoisotopic (exact) mass is 315 g/mol. The van der Waals surface area contributed by atoms with Gasteiger partial charge >= 0.3 is 0 Å². The lowest BCUT2D eigenvalue weighted by atomic mass is 10.1. The number of likely N-dealkylation sites (tertiary alicyclic amines) is 1.